The number of carbonyl (C=O) groups excluding carboxylic acids is 1. The Morgan fingerprint density at radius 3 is 2.24 bits per heavy atom. The van der Waals surface area contributed by atoms with Gasteiger partial charge in [-0.1, -0.05) is 0 Å². The van der Waals surface area contributed by atoms with E-state index >= 15 is 0 Å². The third-order valence-corrected chi connectivity index (χ3v) is 5.77. The average Bonchev–Trinajstić information content (AvgIpc) is 2.88. The number of amides is 1. The normalized spacial score (nSPS) is 11.2. The molecular weight excluding hydrogens is 626 g/mol. The number of nitro benzene ring substituents is 1. The Morgan fingerprint density at radius 1 is 0.974 bits per heavy atom. The Morgan fingerprint density at radius 2 is 1.63 bits per heavy atom. The van der Waals surface area contributed by atoms with Crippen LogP contribution < -0.4 is 24.4 Å². The summed E-state index contributed by atoms with van der Waals surface area (Å²) in [4.78, 5) is 22.9. The Labute approximate surface area is 227 Å². The van der Waals surface area contributed by atoms with E-state index in [0.717, 1.165) is 6.07 Å². The van der Waals surface area contributed by atoms with Gasteiger partial charge in [-0.05, 0) is 70.6 Å². The van der Waals surface area contributed by atoms with E-state index < -0.39 is 34.0 Å². The Bertz CT molecular complexity index is 1400. The van der Waals surface area contributed by atoms with Crippen LogP contribution in [0.2, 0.25) is 0 Å². The number of benzene rings is 3. The van der Waals surface area contributed by atoms with Crippen molar-refractivity contribution >= 4 is 40.4 Å². The minimum absolute atomic E-state index is 0.0440. The molecule has 0 heterocycles. The maximum absolute atomic E-state index is 13.0. The van der Waals surface area contributed by atoms with E-state index in [1.807, 2.05) is 22.6 Å². The number of methoxy groups -OCH3 is 3. The van der Waals surface area contributed by atoms with E-state index in [9.17, 15) is 28.1 Å². The van der Waals surface area contributed by atoms with Gasteiger partial charge in [-0.25, -0.2) is 5.43 Å². The van der Waals surface area contributed by atoms with Crippen molar-refractivity contribution < 1.29 is 41.8 Å². The number of halogens is 4. The van der Waals surface area contributed by atoms with Crippen molar-refractivity contribution in [2.75, 3.05) is 21.3 Å². The summed E-state index contributed by atoms with van der Waals surface area (Å²) in [6.45, 7) is 0. The van der Waals surface area contributed by atoms with E-state index in [-0.39, 0.29) is 17.1 Å². The first kappa shape index (κ1) is 28.5. The summed E-state index contributed by atoms with van der Waals surface area (Å²) in [6, 6.07) is 9.59. The summed E-state index contributed by atoms with van der Waals surface area (Å²) in [5, 5.41) is 15.3. The minimum Gasteiger partial charge on any atom is -0.493 e. The van der Waals surface area contributed by atoms with Gasteiger partial charge in [-0.3, -0.25) is 14.9 Å². The largest absolute Gasteiger partial charge is 0.493 e. The monoisotopic (exact) mass is 645 g/mol. The summed E-state index contributed by atoms with van der Waals surface area (Å²) in [7, 11) is 4.23. The van der Waals surface area contributed by atoms with Crippen LogP contribution in [0.15, 0.2) is 53.6 Å². The lowest BCUT2D eigenvalue weighted by atomic mass is 10.1. The molecule has 38 heavy (non-hydrogen) atoms. The molecule has 0 fully saturated rings. The van der Waals surface area contributed by atoms with Crippen molar-refractivity contribution in [3.05, 3.63) is 78.9 Å². The van der Waals surface area contributed by atoms with Gasteiger partial charge in [0.15, 0.2) is 23.0 Å². The number of nitro groups is 1. The molecule has 3 rings (SSSR count). The Hall–Kier alpha value is -4.08. The number of rotatable bonds is 9. The van der Waals surface area contributed by atoms with Crippen molar-refractivity contribution in [2.45, 2.75) is 6.18 Å². The quantitative estimate of drug-likeness (QED) is 0.135. The van der Waals surface area contributed by atoms with Crippen LogP contribution in [0, 0.1) is 13.7 Å². The van der Waals surface area contributed by atoms with Crippen LogP contribution >= 0.6 is 22.6 Å². The van der Waals surface area contributed by atoms with E-state index in [1.54, 1.807) is 12.1 Å². The van der Waals surface area contributed by atoms with Crippen LogP contribution in [0.1, 0.15) is 21.5 Å². The molecular formula is C24H19F3IN3O7. The third-order valence-electron chi connectivity index (χ3n) is 4.97. The van der Waals surface area contributed by atoms with Gasteiger partial charge in [0.1, 0.15) is 0 Å². The maximum atomic E-state index is 13.0. The molecule has 0 aliphatic carbocycles. The van der Waals surface area contributed by atoms with Gasteiger partial charge in [0.2, 0.25) is 5.75 Å². The number of nitrogens with one attached hydrogen (secondary N) is 1. The maximum Gasteiger partial charge on any atom is 0.416 e. The second-order valence-corrected chi connectivity index (χ2v) is 8.50. The van der Waals surface area contributed by atoms with Gasteiger partial charge in [0, 0.05) is 11.6 Å². The van der Waals surface area contributed by atoms with Crippen molar-refractivity contribution in [3.8, 4) is 28.7 Å². The molecule has 200 valence electrons. The van der Waals surface area contributed by atoms with Crippen LogP contribution in [0.4, 0.5) is 18.9 Å². The van der Waals surface area contributed by atoms with E-state index in [1.165, 1.54) is 45.7 Å². The van der Waals surface area contributed by atoms with Crippen molar-refractivity contribution in [1.29, 1.82) is 0 Å². The molecule has 0 radical (unpaired) electrons. The molecule has 0 saturated heterocycles. The van der Waals surface area contributed by atoms with Gasteiger partial charge in [-0.15, -0.1) is 0 Å². The molecule has 0 atom stereocenters. The molecule has 0 aromatic heterocycles. The molecule has 0 bridgehead atoms. The number of carbonyl (C=O) groups is 1. The summed E-state index contributed by atoms with van der Waals surface area (Å²) in [5.41, 5.74) is 1.08. The summed E-state index contributed by atoms with van der Waals surface area (Å²) in [6.07, 6.45) is -3.43. The number of hydrogen-bond donors (Lipinski definition) is 1. The zero-order chi connectivity index (χ0) is 28.0. The van der Waals surface area contributed by atoms with Gasteiger partial charge in [0.25, 0.3) is 5.91 Å². The van der Waals surface area contributed by atoms with Gasteiger partial charge < -0.3 is 18.9 Å². The Kier molecular flexibility index (Phi) is 8.98. The van der Waals surface area contributed by atoms with E-state index in [2.05, 4.69) is 10.5 Å². The van der Waals surface area contributed by atoms with Crippen LogP contribution in [0.25, 0.3) is 0 Å². The first-order valence-corrected chi connectivity index (χ1v) is 11.5. The SMILES string of the molecule is COc1ccc(C(=O)N/N=C/c2cc(I)c(Oc3ccc(C(F)(F)F)cc3[N+](=O)[O-])c(OC)c2)cc1OC. The number of hydrazone groups is 1. The number of alkyl halides is 3. The topological polar surface area (TPSA) is 122 Å². The lowest BCUT2D eigenvalue weighted by Crippen LogP contribution is -2.17. The standard InChI is InChI=1S/C24H19F3IN3O7/c1-35-19-6-4-14(10-20(19)36-2)23(32)30-29-12-13-8-16(28)22(21(9-13)37-3)38-18-7-5-15(24(25,26)27)11-17(18)31(33)34/h4-12H,1-3H3,(H,30,32)/b29-12+. The highest BCUT2D eigenvalue weighted by atomic mass is 127. The summed E-state index contributed by atoms with van der Waals surface area (Å²) >= 11 is 1.87. The molecule has 3 aromatic carbocycles. The second kappa shape index (κ2) is 12.0. The molecule has 0 aliphatic heterocycles. The first-order valence-electron chi connectivity index (χ1n) is 10.4. The first-order chi connectivity index (χ1) is 18.0. The molecule has 10 nitrogen and oxygen atoms in total. The van der Waals surface area contributed by atoms with Gasteiger partial charge in [-0.2, -0.15) is 18.3 Å². The zero-order valence-corrected chi connectivity index (χ0v) is 22.1. The number of ether oxygens (including phenoxy) is 4. The average molecular weight is 645 g/mol. The van der Waals surface area contributed by atoms with Crippen molar-refractivity contribution in [1.82, 2.24) is 5.43 Å². The molecule has 0 aliphatic rings. The predicted octanol–water partition coefficient (Wildman–Crippen LogP) is 5.80. The molecule has 0 spiro atoms. The summed E-state index contributed by atoms with van der Waals surface area (Å²) in [5.74, 6) is 0.0768. The van der Waals surface area contributed by atoms with Crippen LogP contribution in [-0.4, -0.2) is 38.4 Å². The predicted molar refractivity (Wildman–Crippen MR) is 138 cm³/mol. The van der Waals surface area contributed by atoms with Crippen molar-refractivity contribution in [2.24, 2.45) is 5.10 Å². The van der Waals surface area contributed by atoms with Crippen molar-refractivity contribution in [3.63, 3.8) is 0 Å². The minimum atomic E-state index is -4.76. The van der Waals surface area contributed by atoms with Crippen LogP contribution in [0.5, 0.6) is 28.7 Å². The smallest absolute Gasteiger partial charge is 0.416 e. The highest BCUT2D eigenvalue weighted by Gasteiger charge is 2.33. The zero-order valence-electron chi connectivity index (χ0n) is 20.0. The Balaban J connectivity index is 1.83. The van der Waals surface area contributed by atoms with E-state index in [0.29, 0.717) is 32.8 Å². The molecule has 0 unspecified atom stereocenters. The van der Waals surface area contributed by atoms with Gasteiger partial charge in [0.05, 0.1) is 41.6 Å². The number of nitrogens with zero attached hydrogens (tertiary/aromatic N) is 2. The highest BCUT2D eigenvalue weighted by Crippen LogP contribution is 2.42. The van der Waals surface area contributed by atoms with E-state index in [4.69, 9.17) is 18.9 Å². The molecule has 1 N–H and O–H groups in total. The lowest BCUT2D eigenvalue weighted by molar-refractivity contribution is -0.385. The molecule has 0 saturated carbocycles. The fourth-order valence-electron chi connectivity index (χ4n) is 3.15. The lowest BCUT2D eigenvalue weighted by Gasteiger charge is -2.14. The molecule has 3 aromatic rings. The number of hydrogen-bond acceptors (Lipinski definition) is 8. The molecule has 14 heteroatoms. The highest BCUT2D eigenvalue weighted by molar-refractivity contribution is 14.1. The fraction of sp³-hybridized carbons (Fsp3) is 0.167. The fourth-order valence-corrected chi connectivity index (χ4v) is 3.89. The summed E-state index contributed by atoms with van der Waals surface area (Å²) < 4.78 is 60.6. The van der Waals surface area contributed by atoms with Crippen LogP contribution in [0.3, 0.4) is 0 Å². The molecule has 1 amide bonds. The van der Waals surface area contributed by atoms with Crippen LogP contribution in [-0.2, 0) is 6.18 Å². The third kappa shape index (κ3) is 6.62. The second-order valence-electron chi connectivity index (χ2n) is 7.34. The van der Waals surface area contributed by atoms with Gasteiger partial charge >= 0.3 is 11.9 Å².